The molecule has 0 aromatic rings. The van der Waals surface area contributed by atoms with E-state index in [0.717, 1.165) is 0 Å². The van der Waals surface area contributed by atoms with E-state index in [9.17, 15) is 4.79 Å². The van der Waals surface area contributed by atoms with Gasteiger partial charge in [0.25, 0.3) is 0 Å². The molecule has 18 heavy (non-hydrogen) atoms. The Bertz CT molecular complexity index is 221. The van der Waals surface area contributed by atoms with Gasteiger partial charge in [-0.05, 0) is 13.8 Å². The molecule has 0 aromatic carbocycles. The highest BCUT2D eigenvalue weighted by Gasteiger charge is 2.11. The lowest BCUT2D eigenvalue weighted by Crippen LogP contribution is -2.28. The van der Waals surface area contributed by atoms with Crippen LogP contribution in [0.4, 0.5) is 0 Å². The SMILES string of the molecule is CCC(=O)OCC(C)OCC(C)OCC(O)CO. The highest BCUT2D eigenvalue weighted by molar-refractivity contribution is 5.68. The van der Waals surface area contributed by atoms with Gasteiger partial charge in [0.2, 0.25) is 0 Å². The topological polar surface area (TPSA) is 85.2 Å². The molecule has 0 heterocycles. The Morgan fingerprint density at radius 2 is 1.67 bits per heavy atom. The minimum atomic E-state index is -0.865. The van der Waals surface area contributed by atoms with E-state index in [1.165, 1.54) is 0 Å². The number of hydrogen-bond donors (Lipinski definition) is 2. The monoisotopic (exact) mass is 264 g/mol. The van der Waals surface area contributed by atoms with Crippen molar-refractivity contribution in [3.05, 3.63) is 0 Å². The van der Waals surface area contributed by atoms with Crippen molar-refractivity contribution in [1.82, 2.24) is 0 Å². The maximum Gasteiger partial charge on any atom is 0.305 e. The summed E-state index contributed by atoms with van der Waals surface area (Å²) in [5.41, 5.74) is 0. The minimum absolute atomic E-state index is 0.0697. The Morgan fingerprint density at radius 1 is 1.11 bits per heavy atom. The summed E-state index contributed by atoms with van der Waals surface area (Å²) in [5, 5.41) is 17.7. The Labute approximate surface area is 108 Å². The lowest BCUT2D eigenvalue weighted by molar-refractivity contribution is -0.148. The Hall–Kier alpha value is -0.690. The molecule has 3 unspecified atom stereocenters. The second-order valence-electron chi connectivity index (χ2n) is 4.16. The van der Waals surface area contributed by atoms with E-state index >= 15 is 0 Å². The summed E-state index contributed by atoms with van der Waals surface area (Å²) in [5.74, 6) is -0.249. The predicted octanol–water partition coefficient (Wildman–Crippen LogP) is 0.103. The second-order valence-corrected chi connectivity index (χ2v) is 4.16. The summed E-state index contributed by atoms with van der Waals surface area (Å²) in [6.45, 7) is 5.64. The fraction of sp³-hybridized carbons (Fsp3) is 0.917. The van der Waals surface area contributed by atoms with Crippen LogP contribution in [0.5, 0.6) is 0 Å². The normalized spacial score (nSPS) is 16.1. The zero-order valence-corrected chi connectivity index (χ0v) is 11.3. The van der Waals surface area contributed by atoms with E-state index < -0.39 is 6.10 Å². The molecule has 0 fully saturated rings. The van der Waals surface area contributed by atoms with Crippen LogP contribution in [0.25, 0.3) is 0 Å². The molecule has 6 nitrogen and oxygen atoms in total. The number of ether oxygens (including phenoxy) is 3. The van der Waals surface area contributed by atoms with Crippen molar-refractivity contribution < 1.29 is 29.2 Å². The van der Waals surface area contributed by atoms with Crippen molar-refractivity contribution in [1.29, 1.82) is 0 Å². The number of esters is 1. The molecule has 0 saturated carbocycles. The average molecular weight is 264 g/mol. The molecule has 2 N–H and O–H groups in total. The highest BCUT2D eigenvalue weighted by atomic mass is 16.6. The number of aliphatic hydroxyl groups is 2. The van der Waals surface area contributed by atoms with Gasteiger partial charge in [0.1, 0.15) is 12.7 Å². The van der Waals surface area contributed by atoms with Gasteiger partial charge in [0.05, 0.1) is 32.0 Å². The van der Waals surface area contributed by atoms with Crippen LogP contribution in [0.1, 0.15) is 27.2 Å². The first-order valence-electron chi connectivity index (χ1n) is 6.17. The third kappa shape index (κ3) is 9.35. The summed E-state index contributed by atoms with van der Waals surface area (Å²) < 4.78 is 15.6. The number of aliphatic hydroxyl groups excluding tert-OH is 2. The van der Waals surface area contributed by atoms with Crippen LogP contribution >= 0.6 is 0 Å². The van der Waals surface area contributed by atoms with Gasteiger partial charge in [-0.3, -0.25) is 4.79 Å². The van der Waals surface area contributed by atoms with Crippen LogP contribution in [0, 0.1) is 0 Å². The summed E-state index contributed by atoms with van der Waals surface area (Å²) in [4.78, 5) is 10.9. The molecule has 0 aliphatic rings. The van der Waals surface area contributed by atoms with Gasteiger partial charge < -0.3 is 24.4 Å². The van der Waals surface area contributed by atoms with E-state index in [4.69, 9.17) is 24.4 Å². The summed E-state index contributed by atoms with van der Waals surface area (Å²) in [6.07, 6.45) is -0.911. The third-order valence-electron chi connectivity index (χ3n) is 2.17. The molecule has 0 aliphatic carbocycles. The van der Waals surface area contributed by atoms with E-state index in [1.807, 2.05) is 0 Å². The molecule has 0 radical (unpaired) electrons. The van der Waals surface area contributed by atoms with Crippen LogP contribution in [0.3, 0.4) is 0 Å². The third-order valence-corrected chi connectivity index (χ3v) is 2.17. The molecular weight excluding hydrogens is 240 g/mol. The van der Waals surface area contributed by atoms with Crippen LogP contribution in [-0.4, -0.2) is 60.9 Å². The average Bonchev–Trinajstić information content (AvgIpc) is 2.39. The molecule has 0 aliphatic heterocycles. The summed E-state index contributed by atoms with van der Waals surface area (Å²) in [7, 11) is 0. The lowest BCUT2D eigenvalue weighted by Gasteiger charge is -2.18. The largest absolute Gasteiger partial charge is 0.463 e. The van der Waals surface area contributed by atoms with Gasteiger partial charge in [-0.1, -0.05) is 6.92 Å². The van der Waals surface area contributed by atoms with Crippen molar-refractivity contribution >= 4 is 5.97 Å². The van der Waals surface area contributed by atoms with Gasteiger partial charge in [0, 0.05) is 6.42 Å². The molecule has 3 atom stereocenters. The molecule has 108 valence electrons. The van der Waals surface area contributed by atoms with Gasteiger partial charge in [-0.25, -0.2) is 0 Å². The Morgan fingerprint density at radius 3 is 2.22 bits per heavy atom. The number of rotatable bonds is 10. The Balaban J connectivity index is 3.58. The van der Waals surface area contributed by atoms with Crippen LogP contribution in [0.2, 0.25) is 0 Å². The van der Waals surface area contributed by atoms with Gasteiger partial charge in [0.15, 0.2) is 0 Å². The fourth-order valence-electron chi connectivity index (χ4n) is 1.04. The summed E-state index contributed by atoms with van der Waals surface area (Å²) in [6, 6.07) is 0. The quantitative estimate of drug-likeness (QED) is 0.544. The first-order chi connectivity index (χ1) is 8.49. The molecule has 0 saturated heterocycles. The summed E-state index contributed by atoms with van der Waals surface area (Å²) >= 11 is 0. The minimum Gasteiger partial charge on any atom is -0.463 e. The first-order valence-corrected chi connectivity index (χ1v) is 6.17. The van der Waals surface area contributed by atoms with Crippen LogP contribution < -0.4 is 0 Å². The standard InChI is InChI=1S/C12H24O6/c1-4-12(15)18-7-10(3)16-6-9(2)17-8-11(14)5-13/h9-11,13-14H,4-8H2,1-3H3. The molecule has 6 heteroatoms. The maximum atomic E-state index is 10.9. The van der Waals surface area contributed by atoms with E-state index in [-0.39, 0.29) is 38.0 Å². The van der Waals surface area contributed by atoms with Crippen molar-refractivity contribution in [3.8, 4) is 0 Å². The van der Waals surface area contributed by atoms with Gasteiger partial charge in [-0.2, -0.15) is 0 Å². The zero-order valence-electron chi connectivity index (χ0n) is 11.3. The molecule has 0 rings (SSSR count). The van der Waals surface area contributed by atoms with Crippen molar-refractivity contribution in [2.75, 3.05) is 26.4 Å². The number of carbonyl (C=O) groups is 1. The predicted molar refractivity (Wildman–Crippen MR) is 65.2 cm³/mol. The van der Waals surface area contributed by atoms with Crippen LogP contribution in [-0.2, 0) is 19.0 Å². The van der Waals surface area contributed by atoms with Crippen LogP contribution in [0.15, 0.2) is 0 Å². The van der Waals surface area contributed by atoms with Gasteiger partial charge in [-0.15, -0.1) is 0 Å². The highest BCUT2D eigenvalue weighted by Crippen LogP contribution is 1.99. The first kappa shape index (κ1) is 17.3. The van der Waals surface area contributed by atoms with E-state index in [0.29, 0.717) is 13.0 Å². The number of carbonyl (C=O) groups excluding carboxylic acids is 1. The van der Waals surface area contributed by atoms with E-state index in [2.05, 4.69) is 0 Å². The molecule has 0 bridgehead atoms. The molecule has 0 spiro atoms. The Kier molecular flexibility index (Phi) is 9.86. The maximum absolute atomic E-state index is 10.9. The molecular formula is C12H24O6. The van der Waals surface area contributed by atoms with Crippen molar-refractivity contribution in [2.24, 2.45) is 0 Å². The fourth-order valence-corrected chi connectivity index (χ4v) is 1.04. The lowest BCUT2D eigenvalue weighted by atomic mass is 10.3. The molecule has 0 aromatic heterocycles. The smallest absolute Gasteiger partial charge is 0.305 e. The number of hydrogen-bond acceptors (Lipinski definition) is 6. The van der Waals surface area contributed by atoms with Crippen molar-refractivity contribution in [2.45, 2.75) is 45.5 Å². The van der Waals surface area contributed by atoms with Crippen molar-refractivity contribution in [3.63, 3.8) is 0 Å². The zero-order chi connectivity index (χ0) is 14.0. The van der Waals surface area contributed by atoms with E-state index in [1.54, 1.807) is 20.8 Å². The van der Waals surface area contributed by atoms with Gasteiger partial charge >= 0.3 is 5.97 Å². The second kappa shape index (κ2) is 10.3. The molecule has 0 amide bonds.